The van der Waals surface area contributed by atoms with Gasteiger partial charge in [0.05, 0.1) is 19.8 Å². The van der Waals surface area contributed by atoms with Crippen molar-refractivity contribution in [2.24, 2.45) is 5.73 Å². The zero-order valence-electron chi connectivity index (χ0n) is 8.86. The minimum atomic E-state index is -0.399. The number of carbonyl (C=O) groups is 1. The highest BCUT2D eigenvalue weighted by Gasteiger charge is 2.44. The number of nitrogens with two attached hydrogens (primary N) is 1. The summed E-state index contributed by atoms with van der Waals surface area (Å²) in [5.74, 6) is -0.399. The maximum Gasteiger partial charge on any atom is 0.248 e. The number of rotatable bonds is 1. The van der Waals surface area contributed by atoms with E-state index in [2.05, 4.69) is 0 Å². The van der Waals surface area contributed by atoms with E-state index in [0.717, 1.165) is 24.2 Å². The highest BCUT2D eigenvalue weighted by molar-refractivity contribution is 5.93. The van der Waals surface area contributed by atoms with Crippen LogP contribution in [-0.4, -0.2) is 19.1 Å². The number of carbonyl (C=O) groups excluding carboxylic acids is 1. The summed E-state index contributed by atoms with van der Waals surface area (Å²) in [4.78, 5) is 11.2. The second kappa shape index (κ2) is 3.30. The lowest BCUT2D eigenvalue weighted by atomic mass is 9.82. The molecule has 0 radical (unpaired) electrons. The molecular weight excluding hydrogens is 206 g/mol. The van der Waals surface area contributed by atoms with E-state index in [4.69, 9.17) is 15.2 Å². The van der Waals surface area contributed by atoms with Gasteiger partial charge < -0.3 is 15.2 Å². The van der Waals surface area contributed by atoms with Crippen LogP contribution < -0.4 is 5.73 Å². The van der Waals surface area contributed by atoms with Crippen LogP contribution in [0.15, 0.2) is 18.2 Å². The molecule has 16 heavy (non-hydrogen) atoms. The Morgan fingerprint density at radius 2 is 2.25 bits per heavy atom. The van der Waals surface area contributed by atoms with Crippen molar-refractivity contribution in [2.45, 2.75) is 18.6 Å². The molecule has 2 heterocycles. The molecule has 1 aromatic rings. The predicted octanol–water partition coefficient (Wildman–Crippen LogP) is 0.931. The molecule has 1 atom stereocenters. The molecule has 0 aliphatic carbocycles. The van der Waals surface area contributed by atoms with E-state index in [1.807, 2.05) is 12.1 Å². The summed E-state index contributed by atoms with van der Waals surface area (Å²) in [6, 6.07) is 5.49. The zero-order valence-corrected chi connectivity index (χ0v) is 8.86. The highest BCUT2D eigenvalue weighted by Crippen LogP contribution is 2.42. The molecule has 2 aliphatic heterocycles. The lowest BCUT2D eigenvalue weighted by Crippen LogP contribution is -2.47. The summed E-state index contributed by atoms with van der Waals surface area (Å²) in [7, 11) is 0. The largest absolute Gasteiger partial charge is 0.373 e. The monoisotopic (exact) mass is 219 g/mol. The van der Waals surface area contributed by atoms with Crippen LogP contribution in [0.2, 0.25) is 0 Å². The molecule has 1 aromatic carbocycles. The maximum atomic E-state index is 11.2. The summed E-state index contributed by atoms with van der Waals surface area (Å²) in [6.45, 7) is 1.91. The van der Waals surface area contributed by atoms with Gasteiger partial charge in [-0.2, -0.15) is 0 Å². The Labute approximate surface area is 93.3 Å². The molecule has 2 aliphatic rings. The average Bonchev–Trinajstić information content (AvgIpc) is 2.25. The molecule has 1 amide bonds. The third kappa shape index (κ3) is 1.27. The molecule has 4 nitrogen and oxygen atoms in total. The lowest BCUT2D eigenvalue weighted by Gasteiger charge is -2.45. The molecule has 4 heteroatoms. The molecular formula is C12H13NO3. The Balaban J connectivity index is 2.10. The summed E-state index contributed by atoms with van der Waals surface area (Å²) >= 11 is 0. The molecule has 1 spiro atoms. The van der Waals surface area contributed by atoms with E-state index in [0.29, 0.717) is 18.8 Å². The third-order valence-corrected chi connectivity index (χ3v) is 3.36. The Kier molecular flexibility index (Phi) is 2.02. The van der Waals surface area contributed by atoms with Gasteiger partial charge in [0.1, 0.15) is 5.60 Å². The van der Waals surface area contributed by atoms with Crippen LogP contribution in [0.1, 0.15) is 27.9 Å². The first-order chi connectivity index (χ1) is 7.71. The maximum absolute atomic E-state index is 11.2. The predicted molar refractivity (Wildman–Crippen MR) is 56.9 cm³/mol. The van der Waals surface area contributed by atoms with Crippen LogP contribution in [0.25, 0.3) is 0 Å². The van der Waals surface area contributed by atoms with Crippen LogP contribution in [0.5, 0.6) is 0 Å². The summed E-state index contributed by atoms with van der Waals surface area (Å²) in [5, 5.41) is 0. The van der Waals surface area contributed by atoms with E-state index in [-0.39, 0.29) is 5.60 Å². The first kappa shape index (κ1) is 9.81. The molecule has 1 unspecified atom stereocenters. The fraction of sp³-hybridized carbons (Fsp3) is 0.417. The average molecular weight is 219 g/mol. The Morgan fingerprint density at radius 1 is 1.44 bits per heavy atom. The molecule has 3 rings (SSSR count). The van der Waals surface area contributed by atoms with E-state index in [1.54, 1.807) is 6.07 Å². The zero-order chi connectivity index (χ0) is 11.2. The van der Waals surface area contributed by atoms with Gasteiger partial charge in [0.2, 0.25) is 5.91 Å². The van der Waals surface area contributed by atoms with Gasteiger partial charge in [-0.05, 0) is 23.3 Å². The van der Waals surface area contributed by atoms with Crippen LogP contribution in [0, 0.1) is 0 Å². The first-order valence-corrected chi connectivity index (χ1v) is 5.36. The van der Waals surface area contributed by atoms with Gasteiger partial charge in [0.15, 0.2) is 0 Å². The summed E-state index contributed by atoms with van der Waals surface area (Å²) < 4.78 is 11.2. The normalized spacial score (nSPS) is 27.2. The molecule has 84 valence electrons. The quantitative estimate of drug-likeness (QED) is 0.764. The van der Waals surface area contributed by atoms with Crippen LogP contribution in [-0.2, 0) is 21.7 Å². The van der Waals surface area contributed by atoms with E-state index >= 15 is 0 Å². The van der Waals surface area contributed by atoms with Gasteiger partial charge in [-0.25, -0.2) is 0 Å². The number of fused-ring (bicyclic) bond motifs is 2. The molecule has 0 saturated carbocycles. The second-order valence-electron chi connectivity index (χ2n) is 4.32. The number of hydrogen-bond donors (Lipinski definition) is 1. The third-order valence-electron chi connectivity index (χ3n) is 3.36. The fourth-order valence-corrected chi connectivity index (χ4v) is 2.36. The van der Waals surface area contributed by atoms with E-state index < -0.39 is 5.91 Å². The van der Waals surface area contributed by atoms with Gasteiger partial charge >= 0.3 is 0 Å². The van der Waals surface area contributed by atoms with Crippen molar-refractivity contribution in [1.82, 2.24) is 0 Å². The highest BCUT2D eigenvalue weighted by atomic mass is 16.6. The molecule has 0 aromatic heterocycles. The summed E-state index contributed by atoms with van der Waals surface area (Å²) in [6.07, 6.45) is 0.947. The first-order valence-electron chi connectivity index (χ1n) is 5.36. The van der Waals surface area contributed by atoms with Gasteiger partial charge in [-0.1, -0.05) is 6.07 Å². The number of amides is 1. The van der Waals surface area contributed by atoms with Crippen molar-refractivity contribution in [1.29, 1.82) is 0 Å². The van der Waals surface area contributed by atoms with Crippen LogP contribution >= 0.6 is 0 Å². The van der Waals surface area contributed by atoms with E-state index in [9.17, 15) is 4.79 Å². The number of hydrogen-bond acceptors (Lipinski definition) is 3. The number of primary amides is 1. The Hall–Kier alpha value is -1.39. The topological polar surface area (TPSA) is 61.6 Å². The van der Waals surface area contributed by atoms with Gasteiger partial charge in [0.25, 0.3) is 0 Å². The number of ether oxygens (including phenoxy) is 2. The van der Waals surface area contributed by atoms with Crippen LogP contribution in [0.4, 0.5) is 0 Å². The van der Waals surface area contributed by atoms with Crippen molar-refractivity contribution in [3.63, 3.8) is 0 Å². The molecule has 2 N–H and O–H groups in total. The smallest absolute Gasteiger partial charge is 0.248 e. The van der Waals surface area contributed by atoms with Crippen molar-refractivity contribution < 1.29 is 14.3 Å². The minimum absolute atomic E-state index is 0.320. The number of benzene rings is 1. The van der Waals surface area contributed by atoms with Gasteiger partial charge in [-0.3, -0.25) is 4.79 Å². The lowest BCUT2D eigenvalue weighted by molar-refractivity contribution is -0.199. The SMILES string of the molecule is NC(=O)c1ccc2c(c1)C1(CCO1)COC2. The van der Waals surface area contributed by atoms with Crippen LogP contribution in [0.3, 0.4) is 0 Å². The van der Waals surface area contributed by atoms with E-state index in [1.165, 1.54) is 0 Å². The minimum Gasteiger partial charge on any atom is -0.373 e. The standard InChI is InChI=1S/C12H13NO3/c13-11(14)8-1-2-9-6-15-7-12(3-4-16-12)10(9)5-8/h1-2,5H,3-4,6-7H2,(H2,13,14). The van der Waals surface area contributed by atoms with Gasteiger partial charge in [0, 0.05) is 12.0 Å². The molecule has 1 saturated heterocycles. The van der Waals surface area contributed by atoms with Crippen molar-refractivity contribution >= 4 is 5.91 Å². The summed E-state index contributed by atoms with van der Waals surface area (Å²) in [5.41, 5.74) is 7.67. The second-order valence-corrected chi connectivity index (χ2v) is 4.32. The van der Waals surface area contributed by atoms with Gasteiger partial charge in [-0.15, -0.1) is 0 Å². The van der Waals surface area contributed by atoms with Crippen molar-refractivity contribution in [2.75, 3.05) is 13.2 Å². The Morgan fingerprint density at radius 3 is 2.88 bits per heavy atom. The van der Waals surface area contributed by atoms with Crippen molar-refractivity contribution in [3.8, 4) is 0 Å². The molecule has 1 fully saturated rings. The molecule has 0 bridgehead atoms. The Bertz CT molecular complexity index is 452. The fourth-order valence-electron chi connectivity index (χ4n) is 2.36. The van der Waals surface area contributed by atoms with Crippen molar-refractivity contribution in [3.05, 3.63) is 34.9 Å².